The molecule has 0 fully saturated rings. The van der Waals surface area contributed by atoms with E-state index in [0.717, 1.165) is 16.9 Å². The van der Waals surface area contributed by atoms with Crippen LogP contribution in [0.5, 0.6) is 0 Å². The third kappa shape index (κ3) is 3.64. The van der Waals surface area contributed by atoms with E-state index in [1.54, 1.807) is 0 Å². The SMILES string of the molecule is C=Cc1c(/C=C\C)n(C2=CC=CC2(C)n2c3cccc4ccc5c(N(C=C)c6ccccc6)c(C)cc2c5c43)c2ccccc12. The quantitative estimate of drug-likeness (QED) is 0.171. The fourth-order valence-electron chi connectivity index (χ4n) is 7.76. The molecule has 1 aliphatic rings. The van der Waals surface area contributed by atoms with Gasteiger partial charge in [0, 0.05) is 39.0 Å². The number of rotatable bonds is 7. The zero-order chi connectivity index (χ0) is 30.9. The number of allylic oxidation sites excluding steroid dienone is 5. The van der Waals surface area contributed by atoms with E-state index in [1.165, 1.54) is 60.4 Å². The molecule has 1 atom stereocenters. The van der Waals surface area contributed by atoms with Crippen LogP contribution in [0.1, 0.15) is 30.7 Å². The summed E-state index contributed by atoms with van der Waals surface area (Å²) in [5.74, 6) is 0. The molecule has 3 nitrogen and oxygen atoms in total. The van der Waals surface area contributed by atoms with Crippen molar-refractivity contribution in [2.24, 2.45) is 0 Å². The first kappa shape index (κ1) is 27.0. The Morgan fingerprint density at radius 3 is 2.36 bits per heavy atom. The molecule has 45 heavy (non-hydrogen) atoms. The molecule has 0 radical (unpaired) electrons. The molecule has 0 spiro atoms. The number of hydrogen-bond donors (Lipinski definition) is 0. The third-order valence-corrected chi connectivity index (χ3v) is 9.58. The van der Waals surface area contributed by atoms with Gasteiger partial charge in [0.05, 0.1) is 33.6 Å². The van der Waals surface area contributed by atoms with Gasteiger partial charge in [-0.1, -0.05) is 98.1 Å². The van der Waals surface area contributed by atoms with Gasteiger partial charge in [0.1, 0.15) is 5.54 Å². The average molecular weight is 582 g/mol. The summed E-state index contributed by atoms with van der Waals surface area (Å²) in [7, 11) is 0. The Labute approximate surface area is 264 Å². The van der Waals surface area contributed by atoms with Crippen molar-refractivity contribution in [3.63, 3.8) is 0 Å². The molecular weight excluding hydrogens is 546 g/mol. The summed E-state index contributed by atoms with van der Waals surface area (Å²) in [5.41, 5.74) is 10.1. The summed E-state index contributed by atoms with van der Waals surface area (Å²) < 4.78 is 5.00. The number of benzene rings is 5. The van der Waals surface area contributed by atoms with Crippen LogP contribution in [0.3, 0.4) is 0 Å². The molecule has 1 aliphatic carbocycles. The van der Waals surface area contributed by atoms with Crippen LogP contribution in [0.2, 0.25) is 0 Å². The molecule has 7 aromatic rings. The highest BCUT2D eigenvalue weighted by Gasteiger charge is 2.37. The maximum Gasteiger partial charge on any atom is 0.101 e. The minimum absolute atomic E-state index is 0.470. The van der Waals surface area contributed by atoms with E-state index in [2.05, 4.69) is 169 Å². The lowest BCUT2D eigenvalue weighted by Gasteiger charge is -2.33. The first-order valence-electron chi connectivity index (χ1n) is 15.6. The standard InChI is InChI=1S/C42H35N3/c1-6-16-34-31(7-2)32-20-12-13-21-35(32)44(34)38-23-15-26-42(38,5)45-36-22-14-17-29-24-25-33-40(39(29)36)37(45)27-28(4)41(33)43(8-3)30-18-10-9-11-19-30/h6-27H,2-3H2,1,4-5H3/b16-6-. The lowest BCUT2D eigenvalue weighted by molar-refractivity contribution is 0.554. The molecular formula is C42H35N3. The largest absolute Gasteiger partial charge is 0.325 e. The van der Waals surface area contributed by atoms with Gasteiger partial charge in [-0.2, -0.15) is 0 Å². The fraction of sp³-hybridized carbons (Fsp3) is 0.0952. The number of para-hydroxylation sites is 2. The van der Waals surface area contributed by atoms with Crippen molar-refractivity contribution in [2.45, 2.75) is 26.3 Å². The van der Waals surface area contributed by atoms with Crippen molar-refractivity contribution in [3.05, 3.63) is 151 Å². The van der Waals surface area contributed by atoms with E-state index >= 15 is 0 Å². The van der Waals surface area contributed by atoms with Gasteiger partial charge >= 0.3 is 0 Å². The number of aryl methyl sites for hydroxylation is 1. The van der Waals surface area contributed by atoms with Crippen LogP contribution in [0.15, 0.2) is 135 Å². The van der Waals surface area contributed by atoms with Crippen molar-refractivity contribution >= 4 is 72.7 Å². The smallest absolute Gasteiger partial charge is 0.101 e. The van der Waals surface area contributed by atoms with Crippen LogP contribution < -0.4 is 4.90 Å². The first-order valence-corrected chi connectivity index (χ1v) is 15.6. The van der Waals surface area contributed by atoms with Crippen LogP contribution in [0.25, 0.3) is 61.3 Å². The monoisotopic (exact) mass is 581 g/mol. The lowest BCUT2D eigenvalue weighted by Crippen LogP contribution is -2.30. The number of nitrogens with zero attached hydrogens (tertiary/aromatic N) is 3. The summed E-state index contributed by atoms with van der Waals surface area (Å²) in [6, 6.07) is 32.8. The Morgan fingerprint density at radius 2 is 1.58 bits per heavy atom. The molecule has 0 amide bonds. The van der Waals surface area contributed by atoms with Crippen molar-refractivity contribution in [1.82, 2.24) is 9.13 Å². The van der Waals surface area contributed by atoms with Gasteiger partial charge < -0.3 is 14.0 Å². The molecule has 8 rings (SSSR count). The van der Waals surface area contributed by atoms with Crippen molar-refractivity contribution in [2.75, 3.05) is 4.90 Å². The van der Waals surface area contributed by atoms with Crippen LogP contribution in [-0.2, 0) is 5.54 Å². The molecule has 0 N–H and O–H groups in total. The minimum atomic E-state index is -0.470. The summed E-state index contributed by atoms with van der Waals surface area (Å²) in [5, 5.41) is 6.25. The van der Waals surface area contributed by atoms with E-state index in [4.69, 9.17) is 0 Å². The molecule has 0 bridgehead atoms. The maximum atomic E-state index is 4.23. The Balaban J connectivity index is 1.46. The van der Waals surface area contributed by atoms with Gasteiger partial charge in [-0.05, 0) is 74.2 Å². The maximum absolute atomic E-state index is 4.23. The highest BCUT2D eigenvalue weighted by atomic mass is 15.2. The minimum Gasteiger partial charge on any atom is -0.325 e. The molecule has 218 valence electrons. The fourth-order valence-corrected chi connectivity index (χ4v) is 7.76. The number of anilines is 2. The van der Waals surface area contributed by atoms with Gasteiger partial charge in [-0.25, -0.2) is 0 Å². The van der Waals surface area contributed by atoms with Crippen LogP contribution in [0.4, 0.5) is 11.4 Å². The van der Waals surface area contributed by atoms with Crippen LogP contribution in [0, 0.1) is 6.92 Å². The summed E-state index contributed by atoms with van der Waals surface area (Å²) in [6.07, 6.45) is 15.1. The first-order chi connectivity index (χ1) is 22.0. The number of fused-ring (bicyclic) bond motifs is 1. The van der Waals surface area contributed by atoms with E-state index in [-0.39, 0.29) is 0 Å². The van der Waals surface area contributed by atoms with Crippen molar-refractivity contribution < 1.29 is 0 Å². The molecule has 2 heterocycles. The average Bonchev–Trinajstić information content (AvgIpc) is 3.71. The lowest BCUT2D eigenvalue weighted by atomic mass is 9.97. The normalized spacial score (nSPS) is 16.6. The highest BCUT2D eigenvalue weighted by molar-refractivity contribution is 6.27. The van der Waals surface area contributed by atoms with Gasteiger partial charge in [-0.3, -0.25) is 0 Å². The second-order valence-electron chi connectivity index (χ2n) is 12.1. The van der Waals surface area contributed by atoms with Crippen molar-refractivity contribution in [1.29, 1.82) is 0 Å². The zero-order valence-electron chi connectivity index (χ0n) is 26.0. The Bertz CT molecular complexity index is 2390. The van der Waals surface area contributed by atoms with Gasteiger partial charge in [-0.15, -0.1) is 0 Å². The second kappa shape index (κ2) is 10.0. The molecule has 2 aromatic heterocycles. The molecule has 0 aliphatic heterocycles. The molecule has 0 saturated carbocycles. The molecule has 0 saturated heterocycles. The van der Waals surface area contributed by atoms with Gasteiger partial charge in [0.25, 0.3) is 0 Å². The Morgan fingerprint density at radius 1 is 0.800 bits per heavy atom. The summed E-state index contributed by atoms with van der Waals surface area (Å²) in [6.45, 7) is 15.1. The van der Waals surface area contributed by atoms with Crippen LogP contribution in [-0.4, -0.2) is 9.13 Å². The molecule has 5 aromatic carbocycles. The van der Waals surface area contributed by atoms with Crippen molar-refractivity contribution in [3.8, 4) is 0 Å². The highest BCUT2D eigenvalue weighted by Crippen LogP contribution is 2.50. The summed E-state index contributed by atoms with van der Waals surface area (Å²) in [4.78, 5) is 2.22. The van der Waals surface area contributed by atoms with E-state index in [1.807, 2.05) is 12.3 Å². The van der Waals surface area contributed by atoms with Gasteiger partial charge in [0.15, 0.2) is 0 Å². The Kier molecular flexibility index (Phi) is 6.01. The van der Waals surface area contributed by atoms with Gasteiger partial charge in [0.2, 0.25) is 0 Å². The molecule has 3 heteroatoms. The number of aromatic nitrogens is 2. The van der Waals surface area contributed by atoms with E-state index < -0.39 is 5.54 Å². The van der Waals surface area contributed by atoms with E-state index in [9.17, 15) is 0 Å². The summed E-state index contributed by atoms with van der Waals surface area (Å²) >= 11 is 0. The topological polar surface area (TPSA) is 13.1 Å². The van der Waals surface area contributed by atoms with Crippen LogP contribution >= 0.6 is 0 Å². The number of hydrogen-bond acceptors (Lipinski definition) is 1. The zero-order valence-corrected chi connectivity index (χ0v) is 26.0. The van der Waals surface area contributed by atoms with E-state index in [0.29, 0.717) is 0 Å². The third-order valence-electron chi connectivity index (χ3n) is 9.58. The predicted octanol–water partition coefficient (Wildman–Crippen LogP) is 11.4. The predicted molar refractivity (Wildman–Crippen MR) is 195 cm³/mol. The molecule has 1 unspecified atom stereocenters. The Hall–Kier alpha value is -5.54. The second-order valence-corrected chi connectivity index (χ2v) is 12.1.